The molecule has 0 saturated heterocycles. The molecule has 19 heavy (non-hydrogen) atoms. The van der Waals surface area contributed by atoms with Crippen molar-refractivity contribution in [1.82, 2.24) is 0 Å². The summed E-state index contributed by atoms with van der Waals surface area (Å²) >= 11 is 3.68. The van der Waals surface area contributed by atoms with Crippen LogP contribution < -0.4 is 0 Å². The number of quaternary nitrogens is 1. The number of hydrogen-bond donors (Lipinski definition) is 0. The topological polar surface area (TPSA) is 0 Å². The molecular formula is C17H35BrN+. The van der Waals surface area contributed by atoms with Gasteiger partial charge in [0, 0.05) is 0 Å². The molecule has 1 atom stereocenters. The van der Waals surface area contributed by atoms with E-state index in [2.05, 4.69) is 43.5 Å². The van der Waals surface area contributed by atoms with Crippen LogP contribution in [0.15, 0.2) is 12.7 Å². The van der Waals surface area contributed by atoms with Crippen LogP contribution in [-0.4, -0.2) is 30.1 Å². The van der Waals surface area contributed by atoms with E-state index < -0.39 is 0 Å². The summed E-state index contributed by atoms with van der Waals surface area (Å²) in [5, 5.41) is 0. The summed E-state index contributed by atoms with van der Waals surface area (Å²) in [5.41, 5.74) is 0. The van der Waals surface area contributed by atoms with E-state index in [9.17, 15) is 0 Å². The van der Waals surface area contributed by atoms with Gasteiger partial charge >= 0.3 is 0 Å². The van der Waals surface area contributed by atoms with E-state index >= 15 is 0 Å². The molecule has 2 heteroatoms. The Balaban J connectivity index is 3.33. The first kappa shape index (κ1) is 19.2. The van der Waals surface area contributed by atoms with Crippen LogP contribution in [0.5, 0.6) is 0 Å². The maximum Gasteiger partial charge on any atom is 0.162 e. The smallest absolute Gasteiger partial charge is 0.162 e. The Morgan fingerprint density at radius 3 is 1.74 bits per heavy atom. The first-order valence-electron chi connectivity index (χ1n) is 8.14. The Bertz CT molecular complexity index is 213. The van der Waals surface area contributed by atoms with E-state index in [0.717, 1.165) is 4.48 Å². The molecule has 0 rings (SSSR count). The van der Waals surface area contributed by atoms with Gasteiger partial charge in [0.2, 0.25) is 0 Å². The Hall–Kier alpha value is 0.180. The summed E-state index contributed by atoms with van der Waals surface area (Å²) < 4.78 is 1.00. The summed E-state index contributed by atoms with van der Waals surface area (Å²) in [4.78, 5) is 0.381. The van der Waals surface area contributed by atoms with E-state index in [-0.39, 0.29) is 0 Å². The molecule has 0 spiro atoms. The summed E-state index contributed by atoms with van der Waals surface area (Å²) in [6.07, 6.45) is 16.1. The first-order valence-corrected chi connectivity index (χ1v) is 9.05. The van der Waals surface area contributed by atoms with E-state index in [0.29, 0.717) is 4.95 Å². The van der Waals surface area contributed by atoms with E-state index in [1.54, 1.807) is 0 Å². The average Bonchev–Trinajstić information content (AvgIpc) is 2.39. The summed E-state index contributed by atoms with van der Waals surface area (Å²) in [6, 6.07) is 0. The molecule has 0 aromatic carbocycles. The zero-order valence-corrected chi connectivity index (χ0v) is 15.1. The van der Waals surface area contributed by atoms with Crippen molar-refractivity contribution < 1.29 is 4.48 Å². The highest BCUT2D eigenvalue weighted by molar-refractivity contribution is 9.09. The zero-order chi connectivity index (χ0) is 14.6. The molecule has 1 unspecified atom stereocenters. The number of rotatable bonds is 13. The summed E-state index contributed by atoms with van der Waals surface area (Å²) in [5.74, 6) is 0. The van der Waals surface area contributed by atoms with Crippen LogP contribution in [0, 0.1) is 0 Å². The quantitative estimate of drug-likeness (QED) is 0.130. The number of halogens is 1. The highest BCUT2D eigenvalue weighted by atomic mass is 79.9. The maximum atomic E-state index is 3.86. The van der Waals surface area contributed by atoms with Gasteiger partial charge in [-0.05, 0) is 34.8 Å². The molecule has 0 aliphatic rings. The molecule has 1 nitrogen and oxygen atoms in total. The van der Waals surface area contributed by atoms with Gasteiger partial charge in [-0.2, -0.15) is 0 Å². The van der Waals surface area contributed by atoms with Crippen molar-refractivity contribution in [3.8, 4) is 0 Å². The van der Waals surface area contributed by atoms with Crippen LogP contribution in [0.3, 0.4) is 0 Å². The third-order valence-electron chi connectivity index (χ3n) is 3.95. The van der Waals surface area contributed by atoms with Crippen LogP contribution in [0.2, 0.25) is 0 Å². The minimum atomic E-state index is 0.381. The second kappa shape index (κ2) is 12.0. The van der Waals surface area contributed by atoms with Gasteiger partial charge in [0.25, 0.3) is 0 Å². The second-order valence-electron chi connectivity index (χ2n) is 6.29. The van der Waals surface area contributed by atoms with Crippen molar-refractivity contribution in [2.24, 2.45) is 0 Å². The third kappa shape index (κ3) is 10.6. The molecule has 0 aromatic rings. The fraction of sp³-hybridized carbons (Fsp3) is 0.882. The highest BCUT2D eigenvalue weighted by Gasteiger charge is 2.21. The van der Waals surface area contributed by atoms with E-state index in [1.165, 1.54) is 70.8 Å². The van der Waals surface area contributed by atoms with Crippen molar-refractivity contribution in [2.75, 3.05) is 20.6 Å². The molecule has 0 fully saturated rings. The summed E-state index contributed by atoms with van der Waals surface area (Å²) in [6.45, 7) is 7.38. The molecular weight excluding hydrogens is 298 g/mol. The second-order valence-corrected chi connectivity index (χ2v) is 7.23. The van der Waals surface area contributed by atoms with Crippen molar-refractivity contribution in [2.45, 2.75) is 76.1 Å². The van der Waals surface area contributed by atoms with Crippen LogP contribution in [0.4, 0.5) is 0 Å². The van der Waals surface area contributed by atoms with E-state index in [4.69, 9.17) is 0 Å². The molecule has 0 amide bonds. The maximum absolute atomic E-state index is 3.86. The molecule has 0 aromatic heterocycles. The summed E-state index contributed by atoms with van der Waals surface area (Å²) in [7, 11) is 4.55. The fourth-order valence-corrected chi connectivity index (χ4v) is 2.62. The molecule has 0 saturated carbocycles. The molecule has 0 N–H and O–H groups in total. The van der Waals surface area contributed by atoms with Gasteiger partial charge in [-0.3, -0.25) is 0 Å². The lowest BCUT2D eigenvalue weighted by atomic mass is 10.1. The number of alkyl halides is 1. The number of likely N-dealkylation sites (N-methyl/N-ethyl adjacent to an activating group) is 1. The number of nitrogens with zero attached hydrogens (tertiary/aromatic N) is 1. The Kier molecular flexibility index (Phi) is 12.1. The van der Waals surface area contributed by atoms with Crippen molar-refractivity contribution >= 4 is 15.9 Å². The van der Waals surface area contributed by atoms with Gasteiger partial charge < -0.3 is 4.48 Å². The standard InChI is InChI=1S/C17H35BrN/c1-5-7-8-9-10-11-12-13-14-15-16-19(3,4)17(18)6-2/h6,17H,2,5,7-16H2,1,3-4H3/q+1. The first-order chi connectivity index (χ1) is 9.04. The minimum absolute atomic E-state index is 0.381. The largest absolute Gasteiger partial charge is 0.314 e. The molecule has 0 aliphatic carbocycles. The lowest BCUT2D eigenvalue weighted by Gasteiger charge is -2.33. The molecule has 0 radical (unpaired) electrons. The Labute approximate surface area is 130 Å². The van der Waals surface area contributed by atoms with Gasteiger partial charge in [0.05, 0.1) is 20.6 Å². The molecule has 114 valence electrons. The lowest BCUT2D eigenvalue weighted by molar-refractivity contribution is -0.892. The average molecular weight is 333 g/mol. The third-order valence-corrected chi connectivity index (χ3v) is 5.43. The van der Waals surface area contributed by atoms with Crippen LogP contribution in [0.1, 0.15) is 71.1 Å². The molecule has 0 aliphatic heterocycles. The van der Waals surface area contributed by atoms with Crippen LogP contribution >= 0.6 is 15.9 Å². The normalized spacial score (nSPS) is 13.5. The van der Waals surface area contributed by atoms with E-state index in [1.807, 2.05) is 6.08 Å². The van der Waals surface area contributed by atoms with Gasteiger partial charge in [-0.1, -0.05) is 64.9 Å². The van der Waals surface area contributed by atoms with Gasteiger partial charge in [-0.25, -0.2) is 0 Å². The molecule has 0 heterocycles. The number of hydrogen-bond acceptors (Lipinski definition) is 0. The van der Waals surface area contributed by atoms with Crippen molar-refractivity contribution in [1.29, 1.82) is 0 Å². The molecule has 0 bridgehead atoms. The SMILES string of the molecule is C=CC(Br)[N+](C)(C)CCCCCCCCCCCC. The Morgan fingerprint density at radius 1 is 0.895 bits per heavy atom. The zero-order valence-electron chi connectivity index (χ0n) is 13.5. The monoisotopic (exact) mass is 332 g/mol. The Morgan fingerprint density at radius 2 is 1.32 bits per heavy atom. The van der Waals surface area contributed by atoms with Crippen molar-refractivity contribution in [3.05, 3.63) is 12.7 Å². The highest BCUT2D eigenvalue weighted by Crippen LogP contribution is 2.17. The number of unbranched alkanes of at least 4 members (excludes halogenated alkanes) is 9. The minimum Gasteiger partial charge on any atom is -0.314 e. The van der Waals surface area contributed by atoms with Crippen molar-refractivity contribution in [3.63, 3.8) is 0 Å². The predicted octanol–water partition coefficient (Wildman–Crippen LogP) is 5.89. The van der Waals surface area contributed by atoms with Gasteiger partial charge in [0.15, 0.2) is 4.95 Å². The van der Waals surface area contributed by atoms with Crippen LogP contribution in [0.25, 0.3) is 0 Å². The van der Waals surface area contributed by atoms with Gasteiger partial charge in [-0.15, -0.1) is 0 Å². The lowest BCUT2D eigenvalue weighted by Crippen LogP contribution is -2.45. The fourth-order valence-electron chi connectivity index (χ4n) is 2.42. The van der Waals surface area contributed by atoms with Gasteiger partial charge in [0.1, 0.15) is 0 Å². The van der Waals surface area contributed by atoms with Crippen LogP contribution in [-0.2, 0) is 0 Å². The predicted molar refractivity (Wildman–Crippen MR) is 91.7 cm³/mol.